The number of carbonyl (C=O) groups excluding carboxylic acids is 1. The molecule has 5 heteroatoms. The van der Waals surface area contributed by atoms with Gasteiger partial charge >= 0.3 is 82.0 Å². The van der Waals surface area contributed by atoms with Gasteiger partial charge in [0.1, 0.15) is 0 Å². The average molecular weight is 240 g/mol. The average Bonchev–Trinajstić information content (AvgIpc) is 2.15. The third kappa shape index (κ3) is 3.38. The normalized spacial score (nSPS) is 9.85. The Morgan fingerprint density at radius 2 is 2.00 bits per heavy atom. The first-order valence-electron chi connectivity index (χ1n) is 3.68. The number of rotatable bonds is 4. The summed E-state index contributed by atoms with van der Waals surface area (Å²) in [6.07, 6.45) is 0. The Bertz CT molecular complexity index is 310. The summed E-state index contributed by atoms with van der Waals surface area (Å²) in [5, 5.41) is 2.83. The van der Waals surface area contributed by atoms with Gasteiger partial charge < -0.3 is 0 Å². The van der Waals surface area contributed by atoms with Gasteiger partial charge in [-0.05, 0) is 0 Å². The van der Waals surface area contributed by atoms with Crippen molar-refractivity contribution in [3.63, 3.8) is 0 Å². The van der Waals surface area contributed by atoms with E-state index in [9.17, 15) is 8.53 Å². The topological polar surface area (TPSA) is 72.2 Å². The van der Waals surface area contributed by atoms with Crippen molar-refractivity contribution in [1.29, 1.82) is 0 Å². The molecule has 0 radical (unpaired) electrons. The van der Waals surface area contributed by atoms with E-state index in [-0.39, 0.29) is 6.54 Å². The van der Waals surface area contributed by atoms with E-state index in [0.717, 1.165) is 10.0 Å². The minimum atomic E-state index is -0.967. The Labute approximate surface area is 82.4 Å². The zero-order chi connectivity index (χ0) is 9.68. The number of carbonyl (C=O) groups is 1. The van der Waals surface area contributed by atoms with Crippen LogP contribution in [0.3, 0.4) is 0 Å². The molecule has 1 amide bonds. The summed E-state index contributed by atoms with van der Waals surface area (Å²) in [4.78, 5) is 10.4. The molecular weight excluding hydrogens is 231 g/mol. The predicted molar refractivity (Wildman–Crippen MR) is 50.2 cm³/mol. The quantitative estimate of drug-likeness (QED) is 0.681. The summed E-state index contributed by atoms with van der Waals surface area (Å²) in [7, 11) is 0. The fourth-order valence-electron chi connectivity index (χ4n) is 0.829. The van der Waals surface area contributed by atoms with Crippen molar-refractivity contribution in [3.05, 3.63) is 24.3 Å². The molecule has 0 atom stereocenters. The maximum absolute atomic E-state index is 10.5. The zero-order valence-corrected chi connectivity index (χ0v) is 8.73. The molecule has 68 valence electrons. The first kappa shape index (κ1) is 9.93. The minimum absolute atomic E-state index is 0.116. The van der Waals surface area contributed by atoms with E-state index in [1.807, 2.05) is 0 Å². The fourth-order valence-corrected chi connectivity index (χ4v) is 1.40. The number of anilines is 1. The van der Waals surface area contributed by atoms with Gasteiger partial charge in [-0.25, -0.2) is 0 Å². The molecule has 0 bridgehead atoms. The molecule has 0 spiro atoms. The Kier molecular flexibility index (Phi) is 3.65. The number of nitrogens with one attached hydrogen (secondary N) is 1. The van der Waals surface area contributed by atoms with Crippen LogP contribution in [-0.4, -0.2) is 28.1 Å². The van der Waals surface area contributed by atoms with Crippen LogP contribution in [0.2, 0.25) is 0 Å². The van der Waals surface area contributed by atoms with E-state index in [4.69, 9.17) is 5.73 Å². The van der Waals surface area contributed by atoms with Crippen LogP contribution in [0.25, 0.3) is 0 Å². The molecule has 0 unspecified atom stereocenters. The fraction of sp³-hybridized carbons (Fsp3) is 0.125. The molecule has 0 saturated heterocycles. The van der Waals surface area contributed by atoms with Gasteiger partial charge in [-0.3, -0.25) is 0 Å². The monoisotopic (exact) mass is 240 g/mol. The van der Waals surface area contributed by atoms with Gasteiger partial charge in [0.15, 0.2) is 0 Å². The van der Waals surface area contributed by atoms with Crippen molar-refractivity contribution < 1.29 is 8.53 Å². The van der Waals surface area contributed by atoms with Gasteiger partial charge in [-0.15, -0.1) is 0 Å². The molecule has 0 saturated carbocycles. The molecule has 0 aliphatic heterocycles. The van der Waals surface area contributed by atoms with Crippen molar-refractivity contribution in [1.82, 2.24) is 0 Å². The SMILES string of the molecule is NC(=O)CNc1ccc([As]=O)cc1. The second-order valence-corrected chi connectivity index (χ2v) is 3.92. The number of hydrogen-bond donors (Lipinski definition) is 2. The van der Waals surface area contributed by atoms with Crippen LogP contribution in [0, 0.1) is 0 Å². The van der Waals surface area contributed by atoms with E-state index in [2.05, 4.69) is 5.32 Å². The van der Waals surface area contributed by atoms with Crippen LogP contribution in [0.5, 0.6) is 0 Å². The summed E-state index contributed by atoms with van der Waals surface area (Å²) in [5.74, 6) is -0.403. The Balaban J connectivity index is 2.59. The van der Waals surface area contributed by atoms with Gasteiger partial charge in [0.25, 0.3) is 0 Å². The number of primary amides is 1. The van der Waals surface area contributed by atoms with E-state index in [0.29, 0.717) is 0 Å². The van der Waals surface area contributed by atoms with Crippen molar-refractivity contribution in [3.8, 4) is 0 Å². The summed E-state index contributed by atoms with van der Waals surface area (Å²) >= 11 is -0.967. The van der Waals surface area contributed by atoms with Crippen LogP contribution in [0.4, 0.5) is 5.69 Å². The molecule has 4 nitrogen and oxygen atoms in total. The first-order chi connectivity index (χ1) is 6.22. The van der Waals surface area contributed by atoms with Gasteiger partial charge in [0.2, 0.25) is 0 Å². The van der Waals surface area contributed by atoms with Crippen LogP contribution >= 0.6 is 0 Å². The van der Waals surface area contributed by atoms with Crippen molar-refractivity contribution in [2.75, 3.05) is 11.9 Å². The van der Waals surface area contributed by atoms with Crippen molar-refractivity contribution in [2.24, 2.45) is 5.73 Å². The summed E-state index contributed by atoms with van der Waals surface area (Å²) in [6.45, 7) is 0.116. The van der Waals surface area contributed by atoms with E-state index in [1.165, 1.54) is 0 Å². The molecular formula is C8H9AsN2O2. The number of hydrogen-bond acceptors (Lipinski definition) is 3. The number of amides is 1. The Morgan fingerprint density at radius 3 is 2.46 bits per heavy atom. The molecule has 13 heavy (non-hydrogen) atoms. The molecule has 1 aromatic rings. The third-order valence-corrected chi connectivity index (χ3v) is 2.51. The van der Waals surface area contributed by atoms with Crippen molar-refractivity contribution >= 4 is 31.6 Å². The van der Waals surface area contributed by atoms with E-state index < -0.39 is 21.6 Å². The van der Waals surface area contributed by atoms with E-state index in [1.54, 1.807) is 24.3 Å². The summed E-state index contributed by atoms with van der Waals surface area (Å²) < 4.78 is 11.3. The number of benzene rings is 1. The molecule has 0 aromatic heterocycles. The summed E-state index contributed by atoms with van der Waals surface area (Å²) in [6, 6.07) is 7.06. The van der Waals surface area contributed by atoms with Crippen LogP contribution in [0.1, 0.15) is 0 Å². The van der Waals surface area contributed by atoms with Gasteiger partial charge in [0.05, 0.1) is 0 Å². The summed E-state index contributed by atoms with van der Waals surface area (Å²) in [5.41, 5.74) is 5.75. The maximum atomic E-state index is 10.5. The third-order valence-electron chi connectivity index (χ3n) is 1.44. The predicted octanol–water partition coefficient (Wildman–Crippen LogP) is -0.741. The van der Waals surface area contributed by atoms with Crippen molar-refractivity contribution in [2.45, 2.75) is 0 Å². The van der Waals surface area contributed by atoms with Gasteiger partial charge in [-0.1, -0.05) is 0 Å². The zero-order valence-electron chi connectivity index (χ0n) is 6.86. The first-order valence-corrected chi connectivity index (χ1v) is 5.38. The van der Waals surface area contributed by atoms with E-state index >= 15 is 0 Å². The van der Waals surface area contributed by atoms with Crippen LogP contribution < -0.4 is 15.4 Å². The van der Waals surface area contributed by atoms with Crippen LogP contribution in [0.15, 0.2) is 24.3 Å². The molecule has 3 N–H and O–H groups in total. The molecule has 0 heterocycles. The van der Waals surface area contributed by atoms with Crippen LogP contribution in [-0.2, 0) is 8.53 Å². The standard InChI is InChI=1S/C8H9AsN2O2/c10-8(12)5-11-7-3-1-6(9-13)2-4-7/h1-4,11H,5H2,(H2,10,12). The molecule has 1 aromatic carbocycles. The Morgan fingerprint density at radius 1 is 1.38 bits per heavy atom. The van der Waals surface area contributed by atoms with Gasteiger partial charge in [0, 0.05) is 0 Å². The molecule has 1 rings (SSSR count). The van der Waals surface area contributed by atoms with Gasteiger partial charge in [-0.2, -0.15) is 0 Å². The molecule has 0 aliphatic rings. The Hall–Kier alpha value is -1.15. The second kappa shape index (κ2) is 4.77. The number of nitrogens with two attached hydrogens (primary N) is 1. The molecule has 0 aliphatic carbocycles. The molecule has 0 fully saturated rings. The second-order valence-electron chi connectivity index (χ2n) is 2.46.